The van der Waals surface area contributed by atoms with Gasteiger partial charge in [-0.25, -0.2) is 9.78 Å². The lowest BCUT2D eigenvalue weighted by Crippen LogP contribution is -2.12. The van der Waals surface area contributed by atoms with E-state index in [0.29, 0.717) is 16.5 Å². The number of carbonyl (C=O) groups excluding carboxylic acids is 2. The highest BCUT2D eigenvalue weighted by Crippen LogP contribution is 2.33. The number of ether oxygens (including phenoxy) is 3. The van der Waals surface area contributed by atoms with Gasteiger partial charge in [0.05, 0.1) is 24.7 Å². The third-order valence-electron chi connectivity index (χ3n) is 4.27. The number of rotatable bonds is 8. The van der Waals surface area contributed by atoms with Gasteiger partial charge >= 0.3 is 5.97 Å². The summed E-state index contributed by atoms with van der Waals surface area (Å²) in [6.45, 7) is -0.364. The maximum Gasteiger partial charge on any atom is 0.358 e. The Morgan fingerprint density at radius 3 is 2.52 bits per heavy atom. The summed E-state index contributed by atoms with van der Waals surface area (Å²) < 4.78 is 15.6. The van der Waals surface area contributed by atoms with E-state index in [4.69, 9.17) is 19.9 Å². The standard InChI is InChI=1S/C20H17N3O7S/c1-28-16-6-5-12(8-17(16)29-2)19-22-14(10-31-19)20(25)30-9-13-4-3-11(18(21)24)7-15(13)23(26)27/h3-8,10H,9H2,1-2H3,(H2,21,24). The second kappa shape index (κ2) is 9.22. The summed E-state index contributed by atoms with van der Waals surface area (Å²) >= 11 is 1.23. The highest BCUT2D eigenvalue weighted by atomic mass is 32.1. The molecule has 3 aromatic rings. The first-order valence-electron chi connectivity index (χ1n) is 8.76. The fourth-order valence-electron chi connectivity index (χ4n) is 2.70. The lowest BCUT2D eigenvalue weighted by atomic mass is 10.1. The monoisotopic (exact) mass is 443 g/mol. The Balaban J connectivity index is 1.75. The largest absolute Gasteiger partial charge is 0.493 e. The second-order valence-electron chi connectivity index (χ2n) is 6.15. The third-order valence-corrected chi connectivity index (χ3v) is 5.16. The summed E-state index contributed by atoms with van der Waals surface area (Å²) in [6.07, 6.45) is 0. The molecule has 10 nitrogen and oxygen atoms in total. The van der Waals surface area contributed by atoms with Gasteiger partial charge in [0.2, 0.25) is 5.91 Å². The lowest BCUT2D eigenvalue weighted by molar-refractivity contribution is -0.385. The minimum absolute atomic E-state index is 0.0131. The molecule has 0 aliphatic carbocycles. The van der Waals surface area contributed by atoms with E-state index in [1.807, 2.05) is 0 Å². The van der Waals surface area contributed by atoms with Crippen LogP contribution in [-0.4, -0.2) is 36.0 Å². The Labute approximate surface area is 180 Å². The molecule has 11 heteroatoms. The number of nitro benzene ring substituents is 1. The van der Waals surface area contributed by atoms with Gasteiger partial charge in [0.25, 0.3) is 5.69 Å². The predicted octanol–water partition coefficient (Wildman–Crippen LogP) is 3.19. The van der Waals surface area contributed by atoms with Crippen molar-refractivity contribution in [1.82, 2.24) is 4.98 Å². The Kier molecular flexibility index (Phi) is 6.46. The molecular weight excluding hydrogens is 426 g/mol. The first kappa shape index (κ1) is 21.7. The third kappa shape index (κ3) is 4.78. The molecule has 160 valence electrons. The van der Waals surface area contributed by atoms with Crippen molar-refractivity contribution in [2.45, 2.75) is 6.61 Å². The van der Waals surface area contributed by atoms with Gasteiger partial charge in [0.1, 0.15) is 11.6 Å². The molecule has 0 radical (unpaired) electrons. The number of benzene rings is 2. The average molecular weight is 443 g/mol. The van der Waals surface area contributed by atoms with Gasteiger partial charge < -0.3 is 19.9 Å². The molecule has 0 atom stereocenters. The maximum atomic E-state index is 12.4. The van der Waals surface area contributed by atoms with Crippen LogP contribution in [0.5, 0.6) is 11.5 Å². The number of carbonyl (C=O) groups is 2. The van der Waals surface area contributed by atoms with Gasteiger partial charge in [0.15, 0.2) is 17.2 Å². The minimum atomic E-state index is -0.795. The topological polar surface area (TPSA) is 144 Å². The van der Waals surface area contributed by atoms with Crippen molar-refractivity contribution in [2.75, 3.05) is 14.2 Å². The van der Waals surface area contributed by atoms with Crippen LogP contribution < -0.4 is 15.2 Å². The molecule has 1 heterocycles. The fraction of sp³-hybridized carbons (Fsp3) is 0.150. The quantitative estimate of drug-likeness (QED) is 0.317. The number of primary amides is 1. The molecule has 0 aliphatic rings. The van der Waals surface area contributed by atoms with Crippen LogP contribution in [0, 0.1) is 10.1 Å². The number of aromatic nitrogens is 1. The van der Waals surface area contributed by atoms with E-state index in [0.717, 1.165) is 11.6 Å². The van der Waals surface area contributed by atoms with Crippen LogP contribution in [0.2, 0.25) is 0 Å². The molecule has 3 rings (SSSR count). The van der Waals surface area contributed by atoms with Gasteiger partial charge in [-0.15, -0.1) is 11.3 Å². The molecule has 0 bridgehead atoms. The van der Waals surface area contributed by atoms with Crippen molar-refractivity contribution in [1.29, 1.82) is 0 Å². The first-order valence-corrected chi connectivity index (χ1v) is 9.64. The van der Waals surface area contributed by atoms with Crippen LogP contribution in [0.4, 0.5) is 5.69 Å². The number of esters is 1. The molecule has 0 spiro atoms. The SMILES string of the molecule is COc1ccc(-c2nc(C(=O)OCc3ccc(C(N)=O)cc3[N+](=O)[O-])cs2)cc1OC. The van der Waals surface area contributed by atoms with Crippen LogP contribution in [0.25, 0.3) is 10.6 Å². The van der Waals surface area contributed by atoms with Gasteiger partial charge in [0, 0.05) is 22.6 Å². The minimum Gasteiger partial charge on any atom is -0.493 e. The van der Waals surface area contributed by atoms with Crippen molar-refractivity contribution >= 4 is 28.9 Å². The van der Waals surface area contributed by atoms with E-state index < -0.39 is 16.8 Å². The molecule has 0 saturated carbocycles. The van der Waals surface area contributed by atoms with E-state index in [1.165, 1.54) is 43.1 Å². The van der Waals surface area contributed by atoms with E-state index in [9.17, 15) is 19.7 Å². The normalized spacial score (nSPS) is 10.4. The second-order valence-corrected chi connectivity index (χ2v) is 7.01. The van der Waals surface area contributed by atoms with E-state index in [2.05, 4.69) is 4.98 Å². The van der Waals surface area contributed by atoms with Crippen LogP contribution in [0.15, 0.2) is 41.8 Å². The van der Waals surface area contributed by atoms with Gasteiger partial charge in [-0.2, -0.15) is 0 Å². The Morgan fingerprint density at radius 2 is 1.87 bits per heavy atom. The van der Waals surface area contributed by atoms with Crippen molar-refractivity contribution in [3.63, 3.8) is 0 Å². The van der Waals surface area contributed by atoms with Crippen LogP contribution in [0.3, 0.4) is 0 Å². The highest BCUT2D eigenvalue weighted by Gasteiger charge is 2.20. The molecule has 0 fully saturated rings. The van der Waals surface area contributed by atoms with Gasteiger partial charge in [-0.1, -0.05) is 0 Å². The summed E-state index contributed by atoms with van der Waals surface area (Å²) in [5.41, 5.74) is 5.67. The Hall–Kier alpha value is -3.99. The Morgan fingerprint density at radius 1 is 1.13 bits per heavy atom. The molecule has 1 aromatic heterocycles. The number of thiazole rings is 1. The number of nitrogens with two attached hydrogens (primary N) is 1. The van der Waals surface area contributed by atoms with Crippen molar-refractivity contribution < 1.29 is 28.7 Å². The molecule has 0 unspecified atom stereocenters. The highest BCUT2D eigenvalue weighted by molar-refractivity contribution is 7.13. The summed E-state index contributed by atoms with van der Waals surface area (Å²) in [6, 6.07) is 8.93. The smallest absolute Gasteiger partial charge is 0.358 e. The maximum absolute atomic E-state index is 12.4. The van der Waals surface area contributed by atoms with Gasteiger partial charge in [-0.3, -0.25) is 14.9 Å². The Bertz CT molecular complexity index is 1160. The molecular formula is C20H17N3O7S. The average Bonchev–Trinajstić information content (AvgIpc) is 3.27. The zero-order chi connectivity index (χ0) is 22.5. The molecule has 2 aromatic carbocycles. The molecule has 31 heavy (non-hydrogen) atoms. The molecule has 0 aliphatic heterocycles. The van der Waals surface area contributed by atoms with Crippen molar-refractivity contribution in [2.24, 2.45) is 5.73 Å². The number of amides is 1. The summed E-state index contributed by atoms with van der Waals surface area (Å²) in [7, 11) is 3.04. The molecule has 1 amide bonds. The van der Waals surface area contributed by atoms with Gasteiger partial charge in [-0.05, 0) is 30.3 Å². The van der Waals surface area contributed by atoms with Crippen LogP contribution >= 0.6 is 11.3 Å². The first-order chi connectivity index (χ1) is 14.8. The number of hydrogen-bond acceptors (Lipinski definition) is 9. The number of methoxy groups -OCH3 is 2. The van der Waals surface area contributed by atoms with E-state index in [1.54, 1.807) is 18.2 Å². The predicted molar refractivity (Wildman–Crippen MR) is 111 cm³/mol. The zero-order valence-electron chi connectivity index (χ0n) is 16.5. The lowest BCUT2D eigenvalue weighted by Gasteiger charge is -2.08. The van der Waals surface area contributed by atoms with Crippen molar-refractivity contribution in [3.05, 3.63) is 68.7 Å². The van der Waals surface area contributed by atoms with E-state index in [-0.39, 0.29) is 29.1 Å². The van der Waals surface area contributed by atoms with Crippen LogP contribution in [-0.2, 0) is 11.3 Å². The number of nitro groups is 1. The van der Waals surface area contributed by atoms with Crippen LogP contribution in [0.1, 0.15) is 26.4 Å². The fourth-order valence-corrected chi connectivity index (χ4v) is 3.48. The number of hydrogen-bond donors (Lipinski definition) is 1. The molecule has 2 N–H and O–H groups in total. The van der Waals surface area contributed by atoms with Crippen molar-refractivity contribution in [3.8, 4) is 22.1 Å². The zero-order valence-corrected chi connectivity index (χ0v) is 17.3. The molecule has 0 saturated heterocycles. The summed E-state index contributed by atoms with van der Waals surface area (Å²) in [5, 5.41) is 13.3. The summed E-state index contributed by atoms with van der Waals surface area (Å²) in [4.78, 5) is 38.5. The van der Waals surface area contributed by atoms with E-state index >= 15 is 0 Å². The summed E-state index contributed by atoms with van der Waals surface area (Å²) in [5.74, 6) is -0.453. The number of nitrogens with zero attached hydrogens (tertiary/aromatic N) is 2.